The average Bonchev–Trinajstić information content (AvgIpc) is 2.77. The fraction of sp³-hybridized carbons (Fsp3) is 0.417. The van der Waals surface area contributed by atoms with E-state index in [2.05, 4.69) is 18.6 Å². The van der Waals surface area contributed by atoms with Crippen LogP contribution in [-0.4, -0.2) is 36.6 Å². The first-order valence-corrected chi connectivity index (χ1v) is 11.2. The fourth-order valence-corrected chi connectivity index (χ4v) is 4.37. The van der Waals surface area contributed by atoms with E-state index in [9.17, 15) is 4.79 Å². The summed E-state index contributed by atoms with van der Waals surface area (Å²) >= 11 is 1.31. The lowest BCUT2D eigenvalue weighted by atomic mass is 9.98. The number of allylic oxidation sites excluding steroid dienone is 3. The molecule has 6 nitrogen and oxygen atoms in total. The molecule has 0 saturated heterocycles. The van der Waals surface area contributed by atoms with Gasteiger partial charge < -0.3 is 20.2 Å². The number of thioether (sulfide) groups is 1. The number of hydrogen-bond acceptors (Lipinski definition) is 6. The number of amides is 1. The van der Waals surface area contributed by atoms with Crippen molar-refractivity contribution in [3.8, 4) is 5.75 Å². The SMILES string of the molecule is C=C(S/C(=N\N)c1cc(C)c(OC)c(C)c1)N(CCCC)C(=O)C1C=CC=C(OC)C1. The molecule has 1 atom stereocenters. The molecule has 1 aliphatic rings. The summed E-state index contributed by atoms with van der Waals surface area (Å²) in [6.45, 7) is 10.8. The molecule has 1 unspecified atom stereocenters. The molecule has 1 aromatic carbocycles. The first-order chi connectivity index (χ1) is 14.9. The van der Waals surface area contributed by atoms with Crippen LogP contribution in [0.2, 0.25) is 0 Å². The van der Waals surface area contributed by atoms with Crippen LogP contribution in [0.15, 0.2) is 52.8 Å². The topological polar surface area (TPSA) is 77.2 Å². The lowest BCUT2D eigenvalue weighted by Gasteiger charge is -2.28. The Labute approximate surface area is 189 Å². The molecule has 0 saturated carbocycles. The number of hydrazone groups is 1. The predicted octanol–water partition coefficient (Wildman–Crippen LogP) is 4.87. The Hall–Kier alpha value is -2.67. The van der Waals surface area contributed by atoms with Gasteiger partial charge in [-0.1, -0.05) is 43.8 Å². The van der Waals surface area contributed by atoms with Crippen LogP contribution in [0, 0.1) is 19.8 Å². The van der Waals surface area contributed by atoms with Crippen LogP contribution < -0.4 is 10.6 Å². The zero-order chi connectivity index (χ0) is 23.0. The minimum Gasteiger partial charge on any atom is -0.501 e. The van der Waals surface area contributed by atoms with Crippen molar-refractivity contribution in [1.82, 2.24) is 4.90 Å². The molecule has 0 fully saturated rings. The summed E-state index contributed by atoms with van der Waals surface area (Å²) in [6, 6.07) is 3.96. The number of hydrogen-bond donors (Lipinski definition) is 1. The monoisotopic (exact) mass is 443 g/mol. The number of carbonyl (C=O) groups is 1. The second kappa shape index (κ2) is 11.6. The van der Waals surface area contributed by atoms with Gasteiger partial charge in [0.15, 0.2) is 0 Å². The van der Waals surface area contributed by atoms with Crippen LogP contribution in [0.25, 0.3) is 0 Å². The predicted molar refractivity (Wildman–Crippen MR) is 129 cm³/mol. The highest BCUT2D eigenvalue weighted by molar-refractivity contribution is 8.17. The molecule has 1 aromatic rings. The maximum absolute atomic E-state index is 13.3. The molecule has 31 heavy (non-hydrogen) atoms. The maximum atomic E-state index is 13.3. The van der Waals surface area contributed by atoms with Crippen molar-refractivity contribution in [3.05, 3.63) is 64.4 Å². The standard InChI is InChI=1S/C24H33N3O3S/c1-7-8-12-27(24(28)19-10-9-11-21(15-19)29-5)18(4)31-23(26-25)20-13-16(2)22(30-6)17(3)14-20/h9-11,13-14,19H,4,7-8,12,15,25H2,1-3,5-6H3/b26-23-. The second-order valence-electron chi connectivity index (χ2n) is 7.45. The number of carbonyl (C=O) groups excluding carboxylic acids is 1. The van der Waals surface area contributed by atoms with E-state index in [1.165, 1.54) is 11.8 Å². The van der Waals surface area contributed by atoms with Gasteiger partial charge in [-0.15, -0.1) is 0 Å². The van der Waals surface area contributed by atoms with E-state index in [4.69, 9.17) is 15.3 Å². The van der Waals surface area contributed by atoms with Gasteiger partial charge in [0.05, 0.1) is 30.9 Å². The fourth-order valence-electron chi connectivity index (χ4n) is 3.57. The molecular formula is C24H33N3O3S. The van der Waals surface area contributed by atoms with Crippen LogP contribution in [0.1, 0.15) is 42.9 Å². The second-order valence-corrected chi connectivity index (χ2v) is 8.51. The van der Waals surface area contributed by atoms with Gasteiger partial charge in [-0.05, 0) is 49.6 Å². The van der Waals surface area contributed by atoms with Gasteiger partial charge in [0.1, 0.15) is 10.8 Å². The van der Waals surface area contributed by atoms with Crippen molar-refractivity contribution in [3.63, 3.8) is 0 Å². The zero-order valence-electron chi connectivity index (χ0n) is 19.1. The Morgan fingerprint density at radius 1 is 1.29 bits per heavy atom. The quantitative estimate of drug-likeness (QED) is 0.255. The molecule has 7 heteroatoms. The third-order valence-corrected chi connectivity index (χ3v) is 6.16. The smallest absolute Gasteiger partial charge is 0.234 e. The van der Waals surface area contributed by atoms with Gasteiger partial charge in [-0.25, -0.2) is 0 Å². The van der Waals surface area contributed by atoms with Crippen LogP contribution >= 0.6 is 11.8 Å². The zero-order valence-corrected chi connectivity index (χ0v) is 19.9. The molecule has 1 aliphatic carbocycles. The normalized spacial score (nSPS) is 16.0. The first kappa shape index (κ1) is 24.6. The van der Waals surface area contributed by atoms with E-state index in [-0.39, 0.29) is 11.8 Å². The van der Waals surface area contributed by atoms with E-state index in [1.807, 2.05) is 44.2 Å². The van der Waals surface area contributed by atoms with Gasteiger partial charge in [0, 0.05) is 18.5 Å². The van der Waals surface area contributed by atoms with E-state index in [0.717, 1.165) is 41.0 Å². The summed E-state index contributed by atoms with van der Waals surface area (Å²) in [7, 11) is 3.28. The van der Waals surface area contributed by atoms with E-state index < -0.39 is 0 Å². The van der Waals surface area contributed by atoms with Crippen molar-refractivity contribution in [2.45, 2.75) is 40.0 Å². The van der Waals surface area contributed by atoms with E-state index in [1.54, 1.807) is 19.1 Å². The van der Waals surface area contributed by atoms with Gasteiger partial charge in [0.25, 0.3) is 0 Å². The summed E-state index contributed by atoms with van der Waals surface area (Å²) in [5.74, 6) is 7.10. The number of benzene rings is 1. The van der Waals surface area contributed by atoms with Crippen LogP contribution in [0.4, 0.5) is 0 Å². The van der Waals surface area contributed by atoms with Crippen molar-refractivity contribution >= 4 is 22.7 Å². The molecule has 0 aromatic heterocycles. The molecule has 2 N–H and O–H groups in total. The Morgan fingerprint density at radius 3 is 2.52 bits per heavy atom. The number of aryl methyl sites for hydroxylation is 2. The molecule has 0 radical (unpaired) electrons. The summed E-state index contributed by atoms with van der Waals surface area (Å²) < 4.78 is 10.8. The summed E-state index contributed by atoms with van der Waals surface area (Å²) in [5, 5.41) is 5.20. The number of nitrogens with zero attached hydrogens (tertiary/aromatic N) is 2. The van der Waals surface area contributed by atoms with Crippen molar-refractivity contribution < 1.29 is 14.3 Å². The maximum Gasteiger partial charge on any atom is 0.234 e. The number of nitrogens with two attached hydrogens (primary N) is 1. The summed E-state index contributed by atoms with van der Waals surface area (Å²) in [4.78, 5) is 15.1. The highest BCUT2D eigenvalue weighted by atomic mass is 32.2. The lowest BCUT2D eigenvalue weighted by Crippen LogP contribution is -2.35. The highest BCUT2D eigenvalue weighted by Gasteiger charge is 2.27. The Balaban J connectivity index is 2.24. The summed E-state index contributed by atoms with van der Waals surface area (Å²) in [6.07, 6.45) is 8.06. The third kappa shape index (κ3) is 6.17. The van der Waals surface area contributed by atoms with Crippen LogP contribution in [0.3, 0.4) is 0 Å². The van der Waals surface area contributed by atoms with Crippen LogP contribution in [-0.2, 0) is 9.53 Å². The minimum atomic E-state index is -0.280. The number of ether oxygens (including phenoxy) is 2. The number of methoxy groups -OCH3 is 2. The number of rotatable bonds is 9. The van der Waals surface area contributed by atoms with Gasteiger partial charge in [-0.2, -0.15) is 5.10 Å². The van der Waals surface area contributed by atoms with Gasteiger partial charge in [-0.3, -0.25) is 4.79 Å². The van der Waals surface area contributed by atoms with Gasteiger partial charge in [0.2, 0.25) is 5.91 Å². The van der Waals surface area contributed by atoms with Gasteiger partial charge >= 0.3 is 0 Å². The van der Waals surface area contributed by atoms with E-state index >= 15 is 0 Å². The van der Waals surface area contributed by atoms with Crippen LogP contribution in [0.5, 0.6) is 5.75 Å². The number of unbranched alkanes of at least 4 members (excludes halogenated alkanes) is 1. The van der Waals surface area contributed by atoms with Crippen molar-refractivity contribution in [1.29, 1.82) is 0 Å². The third-order valence-electron chi connectivity index (χ3n) is 5.17. The summed E-state index contributed by atoms with van der Waals surface area (Å²) in [5.41, 5.74) is 2.86. The van der Waals surface area contributed by atoms with E-state index in [0.29, 0.717) is 23.0 Å². The van der Waals surface area contributed by atoms with Crippen molar-refractivity contribution in [2.75, 3.05) is 20.8 Å². The molecular weight excluding hydrogens is 410 g/mol. The molecule has 0 spiro atoms. The molecule has 2 rings (SSSR count). The Bertz CT molecular complexity index is 882. The highest BCUT2D eigenvalue weighted by Crippen LogP contribution is 2.31. The first-order valence-electron chi connectivity index (χ1n) is 10.4. The minimum absolute atomic E-state index is 0.00307. The largest absolute Gasteiger partial charge is 0.501 e. The Kier molecular flexibility index (Phi) is 9.24. The average molecular weight is 444 g/mol. The van der Waals surface area contributed by atoms with Crippen molar-refractivity contribution in [2.24, 2.45) is 16.9 Å². The molecule has 1 amide bonds. The lowest BCUT2D eigenvalue weighted by molar-refractivity contribution is -0.131. The molecule has 0 bridgehead atoms. The molecule has 0 aliphatic heterocycles. The molecule has 168 valence electrons. The molecule has 0 heterocycles. The Morgan fingerprint density at radius 2 is 1.97 bits per heavy atom.